The van der Waals surface area contributed by atoms with Gasteiger partial charge in [0.25, 0.3) is 5.91 Å². The molecule has 0 atom stereocenters. The van der Waals surface area contributed by atoms with E-state index in [0.29, 0.717) is 16.9 Å². The first-order valence-electron chi connectivity index (χ1n) is 7.48. The molecule has 1 amide bonds. The summed E-state index contributed by atoms with van der Waals surface area (Å²) in [5.74, 6) is 0.678. The number of benzene rings is 2. The van der Waals surface area contributed by atoms with E-state index in [-0.39, 0.29) is 11.7 Å². The third kappa shape index (κ3) is 3.66. The Kier molecular flexibility index (Phi) is 4.75. The summed E-state index contributed by atoms with van der Waals surface area (Å²) in [6, 6.07) is 12.0. The van der Waals surface area contributed by atoms with E-state index in [0.717, 1.165) is 11.4 Å². The van der Waals surface area contributed by atoms with Crippen molar-refractivity contribution in [2.75, 3.05) is 7.11 Å². The summed E-state index contributed by atoms with van der Waals surface area (Å²) in [5, 5.41) is 13.8. The second-order valence-corrected chi connectivity index (χ2v) is 5.11. The standard InChI is InChI=1S/C18H16N4O3/c1-25-15-4-2-3-14(16(15)23)11-21-22-18(24)13-7-5-12(6-8-13)17-19-9-10-20-17/h2-11,23H,1H3,(H,19,20)(H,22,24). The number of aromatic nitrogens is 2. The van der Waals surface area contributed by atoms with Crippen LogP contribution in [0.5, 0.6) is 11.5 Å². The maximum absolute atomic E-state index is 12.1. The van der Waals surface area contributed by atoms with Gasteiger partial charge in [0.1, 0.15) is 5.82 Å². The number of phenolic OH excluding ortho intramolecular Hbond substituents is 1. The number of para-hydroxylation sites is 1. The molecule has 0 aliphatic carbocycles. The summed E-state index contributed by atoms with van der Waals surface area (Å²) in [4.78, 5) is 19.3. The van der Waals surface area contributed by atoms with E-state index >= 15 is 0 Å². The highest BCUT2D eigenvalue weighted by atomic mass is 16.5. The largest absolute Gasteiger partial charge is 0.504 e. The molecular weight excluding hydrogens is 320 g/mol. The number of H-pyrrole nitrogens is 1. The zero-order valence-electron chi connectivity index (χ0n) is 13.4. The van der Waals surface area contributed by atoms with Crippen LogP contribution in [0, 0.1) is 0 Å². The number of nitrogens with zero attached hydrogens (tertiary/aromatic N) is 2. The number of aromatic hydroxyl groups is 1. The molecule has 0 spiro atoms. The van der Waals surface area contributed by atoms with Gasteiger partial charge in [-0.2, -0.15) is 5.10 Å². The Bertz CT molecular complexity index is 887. The first-order valence-corrected chi connectivity index (χ1v) is 7.48. The molecule has 3 rings (SSSR count). The number of nitrogens with one attached hydrogen (secondary N) is 2. The number of rotatable bonds is 5. The lowest BCUT2D eigenvalue weighted by Crippen LogP contribution is -2.17. The monoisotopic (exact) mass is 336 g/mol. The number of hydrogen-bond donors (Lipinski definition) is 3. The zero-order chi connectivity index (χ0) is 17.6. The van der Waals surface area contributed by atoms with Crippen LogP contribution in [0.15, 0.2) is 60.0 Å². The minimum absolute atomic E-state index is 0.0363. The fourth-order valence-corrected chi connectivity index (χ4v) is 2.24. The number of ether oxygens (including phenoxy) is 1. The maximum atomic E-state index is 12.1. The highest BCUT2D eigenvalue weighted by molar-refractivity contribution is 5.95. The van der Waals surface area contributed by atoms with Crippen LogP contribution in [0.3, 0.4) is 0 Å². The lowest BCUT2D eigenvalue weighted by Gasteiger charge is -2.05. The third-order valence-corrected chi connectivity index (χ3v) is 3.54. The normalized spacial score (nSPS) is 10.8. The molecule has 0 saturated carbocycles. The van der Waals surface area contributed by atoms with Crippen LogP contribution in [0.1, 0.15) is 15.9 Å². The van der Waals surface area contributed by atoms with Crippen LogP contribution in [0.2, 0.25) is 0 Å². The highest BCUT2D eigenvalue weighted by Gasteiger charge is 2.07. The fourth-order valence-electron chi connectivity index (χ4n) is 2.24. The van der Waals surface area contributed by atoms with Crippen molar-refractivity contribution in [2.45, 2.75) is 0 Å². The molecule has 7 heteroatoms. The predicted molar refractivity (Wildman–Crippen MR) is 93.7 cm³/mol. The quantitative estimate of drug-likeness (QED) is 0.492. The van der Waals surface area contributed by atoms with Crippen LogP contribution >= 0.6 is 0 Å². The smallest absolute Gasteiger partial charge is 0.271 e. The molecule has 7 nitrogen and oxygen atoms in total. The molecule has 25 heavy (non-hydrogen) atoms. The molecule has 0 aliphatic heterocycles. The molecule has 1 aromatic heterocycles. The summed E-state index contributed by atoms with van der Waals surface area (Å²) >= 11 is 0. The number of carbonyl (C=O) groups is 1. The number of aromatic amines is 1. The molecule has 0 unspecified atom stereocenters. The summed E-state index contributed by atoms with van der Waals surface area (Å²) in [6.07, 6.45) is 4.75. The van der Waals surface area contributed by atoms with E-state index in [4.69, 9.17) is 4.74 Å². The Labute approximate surface area is 144 Å². The van der Waals surface area contributed by atoms with Crippen molar-refractivity contribution < 1.29 is 14.6 Å². The van der Waals surface area contributed by atoms with Crippen molar-refractivity contribution in [3.8, 4) is 22.9 Å². The van der Waals surface area contributed by atoms with Crippen molar-refractivity contribution >= 4 is 12.1 Å². The van der Waals surface area contributed by atoms with Crippen molar-refractivity contribution in [1.29, 1.82) is 0 Å². The molecule has 0 aliphatic rings. The second-order valence-electron chi connectivity index (χ2n) is 5.11. The summed E-state index contributed by atoms with van der Waals surface area (Å²) < 4.78 is 5.02. The van der Waals surface area contributed by atoms with Gasteiger partial charge in [0.15, 0.2) is 11.5 Å². The molecule has 0 bridgehead atoms. The van der Waals surface area contributed by atoms with E-state index < -0.39 is 0 Å². The van der Waals surface area contributed by atoms with Crippen molar-refractivity contribution in [2.24, 2.45) is 5.10 Å². The fraction of sp³-hybridized carbons (Fsp3) is 0.0556. The lowest BCUT2D eigenvalue weighted by molar-refractivity contribution is 0.0955. The predicted octanol–water partition coefficient (Wildman–Crippen LogP) is 2.55. The number of phenols is 1. The molecular formula is C18H16N4O3. The number of hydrogen-bond acceptors (Lipinski definition) is 5. The summed E-state index contributed by atoms with van der Waals surface area (Å²) in [5.41, 5.74) is 4.20. The van der Waals surface area contributed by atoms with Crippen molar-refractivity contribution in [3.63, 3.8) is 0 Å². The Morgan fingerprint density at radius 1 is 1.28 bits per heavy atom. The first-order chi connectivity index (χ1) is 12.2. The van der Waals surface area contributed by atoms with Gasteiger partial charge in [-0.1, -0.05) is 18.2 Å². The number of hydrazone groups is 1. The summed E-state index contributed by atoms with van der Waals surface area (Å²) in [6.45, 7) is 0. The van der Waals surface area contributed by atoms with Gasteiger partial charge >= 0.3 is 0 Å². The molecule has 0 saturated heterocycles. The topological polar surface area (TPSA) is 99.6 Å². The number of methoxy groups -OCH3 is 1. The molecule has 3 N–H and O–H groups in total. The minimum atomic E-state index is -0.357. The van der Waals surface area contributed by atoms with Crippen LogP contribution in [0.4, 0.5) is 0 Å². The van der Waals surface area contributed by atoms with Gasteiger partial charge in [-0.3, -0.25) is 4.79 Å². The first kappa shape index (κ1) is 16.3. The van der Waals surface area contributed by atoms with Crippen LogP contribution in [0.25, 0.3) is 11.4 Å². The number of imidazole rings is 1. The Morgan fingerprint density at radius 3 is 2.76 bits per heavy atom. The van der Waals surface area contributed by atoms with E-state index in [9.17, 15) is 9.90 Å². The third-order valence-electron chi connectivity index (χ3n) is 3.54. The van der Waals surface area contributed by atoms with Gasteiger partial charge in [-0.25, -0.2) is 10.4 Å². The Hall–Kier alpha value is -3.61. The van der Waals surface area contributed by atoms with Crippen molar-refractivity contribution in [1.82, 2.24) is 15.4 Å². The minimum Gasteiger partial charge on any atom is -0.504 e. The highest BCUT2D eigenvalue weighted by Crippen LogP contribution is 2.27. The second kappa shape index (κ2) is 7.31. The van der Waals surface area contributed by atoms with Gasteiger partial charge in [0.2, 0.25) is 0 Å². The zero-order valence-corrected chi connectivity index (χ0v) is 13.4. The molecule has 0 fully saturated rings. The molecule has 3 aromatic rings. The Balaban J connectivity index is 1.66. The van der Waals surface area contributed by atoms with Gasteiger partial charge < -0.3 is 14.8 Å². The average Bonchev–Trinajstić information content (AvgIpc) is 3.18. The van der Waals surface area contributed by atoms with E-state index in [2.05, 4.69) is 20.5 Å². The number of amides is 1. The molecule has 1 heterocycles. The number of carbonyl (C=O) groups excluding carboxylic acids is 1. The van der Waals surface area contributed by atoms with E-state index in [1.807, 2.05) is 0 Å². The summed E-state index contributed by atoms with van der Waals surface area (Å²) in [7, 11) is 1.46. The van der Waals surface area contributed by atoms with E-state index in [1.165, 1.54) is 13.3 Å². The molecule has 0 radical (unpaired) electrons. The van der Waals surface area contributed by atoms with Crippen LogP contribution in [-0.4, -0.2) is 34.3 Å². The SMILES string of the molecule is COc1cccc(C=NNC(=O)c2ccc(-c3ncc[nH]3)cc2)c1O. The van der Waals surface area contributed by atoms with Gasteiger partial charge in [-0.05, 0) is 24.3 Å². The van der Waals surface area contributed by atoms with Crippen LogP contribution < -0.4 is 10.2 Å². The maximum Gasteiger partial charge on any atom is 0.271 e. The molecule has 2 aromatic carbocycles. The Morgan fingerprint density at radius 2 is 2.08 bits per heavy atom. The van der Waals surface area contributed by atoms with Gasteiger partial charge in [0, 0.05) is 29.1 Å². The van der Waals surface area contributed by atoms with E-state index in [1.54, 1.807) is 54.9 Å². The van der Waals surface area contributed by atoms with Gasteiger partial charge in [-0.15, -0.1) is 0 Å². The van der Waals surface area contributed by atoms with Crippen LogP contribution in [-0.2, 0) is 0 Å². The lowest BCUT2D eigenvalue weighted by atomic mass is 10.1. The van der Waals surface area contributed by atoms with Gasteiger partial charge in [0.05, 0.1) is 13.3 Å². The average molecular weight is 336 g/mol. The molecule has 126 valence electrons. The van der Waals surface area contributed by atoms with Crippen molar-refractivity contribution in [3.05, 3.63) is 66.0 Å².